The maximum Gasteiger partial charge on any atom is 0.00200 e. The predicted octanol–water partition coefficient (Wildman–Crippen LogP) is 4.21. The van der Waals surface area contributed by atoms with Crippen molar-refractivity contribution in [3.8, 4) is 0 Å². The average Bonchev–Trinajstić information content (AvgIpc) is 2.29. The summed E-state index contributed by atoms with van der Waals surface area (Å²) in [6.45, 7) is 11.3. The third-order valence-corrected chi connectivity index (χ3v) is 3.15. The molecule has 1 nitrogen and oxygen atoms in total. The molecular weight excluding hydrogens is 206 g/mol. The van der Waals surface area contributed by atoms with E-state index in [1.165, 1.54) is 18.4 Å². The van der Waals surface area contributed by atoms with E-state index in [9.17, 15) is 0 Å². The first-order valence-electron chi connectivity index (χ1n) is 6.78. The highest BCUT2D eigenvalue weighted by atomic mass is 14.8. The second-order valence-corrected chi connectivity index (χ2v) is 6.01. The molecular formula is C16H27N. The third kappa shape index (κ3) is 5.88. The fourth-order valence-corrected chi connectivity index (χ4v) is 2.04. The van der Waals surface area contributed by atoms with Gasteiger partial charge >= 0.3 is 0 Å². The number of likely N-dealkylation sites (N-methyl/N-ethyl adjacent to an activating group) is 1. The summed E-state index contributed by atoms with van der Waals surface area (Å²) in [5.74, 6) is 0.648. The Morgan fingerprint density at radius 3 is 2.29 bits per heavy atom. The maximum absolute atomic E-state index is 3.48. The monoisotopic (exact) mass is 233 g/mol. The zero-order chi connectivity index (χ0) is 12.7. The van der Waals surface area contributed by atoms with E-state index in [-0.39, 0.29) is 0 Å². The van der Waals surface area contributed by atoms with Crippen molar-refractivity contribution in [1.82, 2.24) is 5.32 Å². The first-order valence-corrected chi connectivity index (χ1v) is 6.78. The summed E-state index contributed by atoms with van der Waals surface area (Å²) in [5, 5.41) is 3.48. The largest absolute Gasteiger partial charge is 0.316 e. The van der Waals surface area contributed by atoms with Gasteiger partial charge in [0, 0.05) is 6.54 Å². The molecule has 1 heteroatoms. The number of nitrogens with one attached hydrogen (secondary N) is 1. The standard InChI is InChI=1S/C16H27N/c1-5-17-13-15(11-12-16(2,3)4)14-9-7-6-8-10-14/h6-10,15,17H,5,11-13H2,1-4H3. The lowest BCUT2D eigenvalue weighted by Crippen LogP contribution is -2.22. The van der Waals surface area contributed by atoms with Gasteiger partial charge in [0.15, 0.2) is 0 Å². The van der Waals surface area contributed by atoms with Gasteiger partial charge in [-0.2, -0.15) is 0 Å². The molecule has 0 aliphatic rings. The van der Waals surface area contributed by atoms with Crippen LogP contribution in [0.15, 0.2) is 30.3 Å². The summed E-state index contributed by atoms with van der Waals surface area (Å²) < 4.78 is 0. The van der Waals surface area contributed by atoms with E-state index in [0.29, 0.717) is 11.3 Å². The van der Waals surface area contributed by atoms with Crippen molar-refractivity contribution in [1.29, 1.82) is 0 Å². The van der Waals surface area contributed by atoms with Crippen molar-refractivity contribution in [2.24, 2.45) is 5.41 Å². The zero-order valence-electron chi connectivity index (χ0n) is 11.8. The van der Waals surface area contributed by atoms with E-state index < -0.39 is 0 Å². The Balaban J connectivity index is 2.61. The van der Waals surface area contributed by atoms with Crippen LogP contribution in [-0.4, -0.2) is 13.1 Å². The highest BCUT2D eigenvalue weighted by Gasteiger charge is 2.16. The average molecular weight is 233 g/mol. The van der Waals surface area contributed by atoms with Crippen molar-refractivity contribution in [3.05, 3.63) is 35.9 Å². The normalized spacial score (nSPS) is 13.6. The summed E-state index contributed by atoms with van der Waals surface area (Å²) in [5.41, 5.74) is 1.90. The van der Waals surface area contributed by atoms with Gasteiger partial charge in [-0.25, -0.2) is 0 Å². The molecule has 1 N–H and O–H groups in total. The predicted molar refractivity (Wildman–Crippen MR) is 76.4 cm³/mol. The van der Waals surface area contributed by atoms with Crippen LogP contribution >= 0.6 is 0 Å². The first kappa shape index (κ1) is 14.2. The molecule has 0 bridgehead atoms. The van der Waals surface area contributed by atoms with E-state index in [4.69, 9.17) is 0 Å². The van der Waals surface area contributed by atoms with Gasteiger partial charge in [0.05, 0.1) is 0 Å². The quantitative estimate of drug-likeness (QED) is 0.776. The first-order chi connectivity index (χ1) is 8.03. The van der Waals surface area contributed by atoms with Gasteiger partial charge in [-0.1, -0.05) is 58.0 Å². The molecule has 1 aromatic carbocycles. The Hall–Kier alpha value is -0.820. The lowest BCUT2D eigenvalue weighted by molar-refractivity contribution is 0.345. The summed E-state index contributed by atoms with van der Waals surface area (Å²) in [7, 11) is 0. The second kappa shape index (κ2) is 6.80. The molecule has 0 saturated carbocycles. The van der Waals surface area contributed by atoms with Crippen LogP contribution in [0.1, 0.15) is 52.0 Å². The highest BCUT2D eigenvalue weighted by molar-refractivity contribution is 5.19. The van der Waals surface area contributed by atoms with Crippen LogP contribution in [0.4, 0.5) is 0 Å². The summed E-state index contributed by atoms with van der Waals surface area (Å²) >= 11 is 0. The van der Waals surface area contributed by atoms with Gasteiger partial charge in [-0.15, -0.1) is 0 Å². The third-order valence-electron chi connectivity index (χ3n) is 3.15. The Kier molecular flexibility index (Phi) is 5.70. The van der Waals surface area contributed by atoms with Gasteiger partial charge in [0.25, 0.3) is 0 Å². The number of hydrogen-bond donors (Lipinski definition) is 1. The van der Waals surface area contributed by atoms with Crippen LogP contribution in [0.2, 0.25) is 0 Å². The smallest absolute Gasteiger partial charge is 0.00200 e. The minimum Gasteiger partial charge on any atom is -0.316 e. The Bertz CT molecular complexity index is 297. The van der Waals surface area contributed by atoms with Crippen molar-refractivity contribution >= 4 is 0 Å². The molecule has 1 atom stereocenters. The molecule has 0 saturated heterocycles. The Morgan fingerprint density at radius 1 is 1.12 bits per heavy atom. The lowest BCUT2D eigenvalue weighted by Gasteiger charge is -2.23. The SMILES string of the molecule is CCNCC(CCC(C)(C)C)c1ccccc1. The van der Waals surface area contributed by atoms with Crippen LogP contribution in [0, 0.1) is 5.41 Å². The molecule has 96 valence electrons. The molecule has 0 aromatic heterocycles. The van der Waals surface area contributed by atoms with Crippen molar-refractivity contribution in [2.45, 2.75) is 46.5 Å². The van der Waals surface area contributed by atoms with Gasteiger partial charge in [0.2, 0.25) is 0 Å². The van der Waals surface area contributed by atoms with Crippen LogP contribution < -0.4 is 5.32 Å². The fourth-order valence-electron chi connectivity index (χ4n) is 2.04. The molecule has 0 spiro atoms. The minimum absolute atomic E-state index is 0.430. The van der Waals surface area contributed by atoms with E-state index in [2.05, 4.69) is 63.3 Å². The van der Waals surface area contributed by atoms with Crippen molar-refractivity contribution in [3.63, 3.8) is 0 Å². The van der Waals surface area contributed by atoms with Crippen LogP contribution in [0.5, 0.6) is 0 Å². The topological polar surface area (TPSA) is 12.0 Å². The summed E-state index contributed by atoms with van der Waals surface area (Å²) in [6.07, 6.45) is 2.54. The Morgan fingerprint density at radius 2 is 1.76 bits per heavy atom. The van der Waals surface area contributed by atoms with E-state index in [0.717, 1.165) is 13.1 Å². The van der Waals surface area contributed by atoms with Crippen molar-refractivity contribution in [2.75, 3.05) is 13.1 Å². The van der Waals surface area contributed by atoms with Crippen LogP contribution in [0.25, 0.3) is 0 Å². The van der Waals surface area contributed by atoms with E-state index in [1.54, 1.807) is 0 Å². The molecule has 1 rings (SSSR count). The van der Waals surface area contributed by atoms with Gasteiger partial charge in [0.1, 0.15) is 0 Å². The molecule has 1 aromatic rings. The van der Waals surface area contributed by atoms with E-state index in [1.807, 2.05) is 0 Å². The number of hydrogen-bond acceptors (Lipinski definition) is 1. The molecule has 0 aliphatic heterocycles. The maximum atomic E-state index is 3.48. The lowest BCUT2D eigenvalue weighted by atomic mass is 9.84. The van der Waals surface area contributed by atoms with Gasteiger partial charge < -0.3 is 5.32 Å². The Labute approximate surface area is 107 Å². The van der Waals surface area contributed by atoms with Crippen LogP contribution in [0.3, 0.4) is 0 Å². The van der Waals surface area contributed by atoms with E-state index >= 15 is 0 Å². The van der Waals surface area contributed by atoms with Gasteiger partial charge in [-0.3, -0.25) is 0 Å². The molecule has 0 amide bonds. The minimum atomic E-state index is 0.430. The van der Waals surface area contributed by atoms with Crippen LogP contribution in [-0.2, 0) is 0 Å². The number of rotatable bonds is 6. The fraction of sp³-hybridized carbons (Fsp3) is 0.625. The molecule has 1 unspecified atom stereocenters. The number of benzene rings is 1. The second-order valence-electron chi connectivity index (χ2n) is 6.01. The summed E-state index contributed by atoms with van der Waals surface area (Å²) in [4.78, 5) is 0. The highest BCUT2D eigenvalue weighted by Crippen LogP contribution is 2.28. The molecule has 0 aliphatic carbocycles. The summed E-state index contributed by atoms with van der Waals surface area (Å²) in [6, 6.07) is 10.9. The zero-order valence-corrected chi connectivity index (χ0v) is 11.8. The molecule has 17 heavy (non-hydrogen) atoms. The van der Waals surface area contributed by atoms with Crippen molar-refractivity contribution < 1.29 is 0 Å². The molecule has 0 fully saturated rings. The molecule has 0 heterocycles. The molecule has 0 radical (unpaired) electrons. The van der Waals surface area contributed by atoms with Gasteiger partial charge in [-0.05, 0) is 36.3 Å².